The summed E-state index contributed by atoms with van der Waals surface area (Å²) in [4.78, 5) is 0. The fourth-order valence-electron chi connectivity index (χ4n) is 1.19. The lowest BCUT2D eigenvalue weighted by molar-refractivity contribution is 0.368. The monoisotopic (exact) mass is 150 g/mol. The van der Waals surface area contributed by atoms with Gasteiger partial charge in [-0.2, -0.15) is 5.10 Å². The van der Waals surface area contributed by atoms with Crippen molar-refractivity contribution in [2.75, 3.05) is 13.6 Å². The Morgan fingerprint density at radius 2 is 2.45 bits per heavy atom. The van der Waals surface area contributed by atoms with Crippen LogP contribution < -0.4 is 0 Å². The number of hydrogen-bond acceptors (Lipinski definition) is 2. The zero-order valence-corrected chi connectivity index (χ0v) is 7.12. The molecule has 1 aliphatic heterocycles. The van der Waals surface area contributed by atoms with Crippen LogP contribution >= 0.6 is 0 Å². The minimum absolute atomic E-state index is 0.552. The molecule has 0 aromatic rings. The fourth-order valence-corrected chi connectivity index (χ4v) is 1.19. The molecule has 1 unspecified atom stereocenters. The summed E-state index contributed by atoms with van der Waals surface area (Å²) in [5, 5.41) is 6.29. The van der Waals surface area contributed by atoms with Gasteiger partial charge in [0, 0.05) is 19.5 Å². The molecule has 0 spiro atoms. The molecule has 0 bridgehead atoms. The first kappa shape index (κ1) is 8.05. The first-order valence-corrected chi connectivity index (χ1v) is 3.82. The molecule has 1 aliphatic rings. The molecule has 2 nitrogen and oxygen atoms in total. The normalized spacial score (nSPS) is 24.4. The highest BCUT2D eigenvalue weighted by Gasteiger charge is 2.16. The third kappa shape index (κ3) is 1.93. The quantitative estimate of drug-likeness (QED) is 0.547. The second-order valence-electron chi connectivity index (χ2n) is 2.86. The minimum atomic E-state index is 0.552. The van der Waals surface area contributed by atoms with E-state index >= 15 is 0 Å². The summed E-state index contributed by atoms with van der Waals surface area (Å²) in [6, 6.07) is 0. The van der Waals surface area contributed by atoms with Gasteiger partial charge in [0.25, 0.3) is 0 Å². The van der Waals surface area contributed by atoms with Crippen LogP contribution in [0.15, 0.2) is 29.9 Å². The molecule has 1 rings (SSSR count). The van der Waals surface area contributed by atoms with Crippen LogP contribution in [-0.2, 0) is 0 Å². The van der Waals surface area contributed by atoms with E-state index in [4.69, 9.17) is 0 Å². The second-order valence-corrected chi connectivity index (χ2v) is 2.86. The van der Waals surface area contributed by atoms with E-state index < -0.39 is 0 Å². The predicted octanol–water partition coefficient (Wildman–Crippen LogP) is 1.67. The highest BCUT2D eigenvalue weighted by Crippen LogP contribution is 2.11. The van der Waals surface area contributed by atoms with E-state index in [0.717, 1.165) is 12.3 Å². The SMILES string of the molecule is C=C/C=C\C1=NN(C)CC1C. The topological polar surface area (TPSA) is 15.6 Å². The standard InChI is InChI=1S/C9H14N2/c1-4-5-6-9-8(2)7-11(3)10-9/h4-6,8H,1,7H2,2-3H3/b6-5-. The van der Waals surface area contributed by atoms with Crippen LogP contribution in [-0.4, -0.2) is 24.3 Å². The van der Waals surface area contributed by atoms with Gasteiger partial charge >= 0.3 is 0 Å². The number of allylic oxidation sites excluding steroid dienone is 3. The fraction of sp³-hybridized carbons (Fsp3) is 0.444. The maximum absolute atomic E-state index is 4.32. The maximum atomic E-state index is 4.32. The zero-order chi connectivity index (χ0) is 8.27. The Kier molecular flexibility index (Phi) is 2.47. The van der Waals surface area contributed by atoms with Crippen molar-refractivity contribution >= 4 is 5.71 Å². The Bertz CT molecular complexity index is 204. The molecule has 0 radical (unpaired) electrons. The van der Waals surface area contributed by atoms with E-state index in [-0.39, 0.29) is 0 Å². The van der Waals surface area contributed by atoms with Gasteiger partial charge in [0.2, 0.25) is 0 Å². The lowest BCUT2D eigenvalue weighted by Crippen LogP contribution is -2.12. The predicted molar refractivity (Wildman–Crippen MR) is 48.6 cm³/mol. The molecule has 60 valence electrons. The first-order chi connectivity index (χ1) is 5.24. The Morgan fingerprint density at radius 1 is 1.73 bits per heavy atom. The van der Waals surface area contributed by atoms with Crippen LogP contribution in [0.4, 0.5) is 0 Å². The Hall–Kier alpha value is -1.05. The van der Waals surface area contributed by atoms with Crippen molar-refractivity contribution in [3.63, 3.8) is 0 Å². The molecule has 0 N–H and O–H groups in total. The Morgan fingerprint density at radius 3 is 2.91 bits per heavy atom. The second kappa shape index (κ2) is 3.37. The Balaban J connectivity index is 2.63. The molecule has 2 heteroatoms. The van der Waals surface area contributed by atoms with E-state index in [1.807, 2.05) is 24.2 Å². The van der Waals surface area contributed by atoms with Crippen LogP contribution in [0.5, 0.6) is 0 Å². The molecular formula is C9H14N2. The van der Waals surface area contributed by atoms with Crippen LogP contribution in [0, 0.1) is 5.92 Å². The van der Waals surface area contributed by atoms with Crippen LogP contribution in [0.2, 0.25) is 0 Å². The van der Waals surface area contributed by atoms with Gasteiger partial charge in [0.05, 0.1) is 5.71 Å². The molecule has 11 heavy (non-hydrogen) atoms. The molecule has 0 aromatic carbocycles. The molecule has 0 saturated heterocycles. The van der Waals surface area contributed by atoms with Crippen molar-refractivity contribution in [1.82, 2.24) is 5.01 Å². The van der Waals surface area contributed by atoms with E-state index in [0.29, 0.717) is 5.92 Å². The number of hydrogen-bond donors (Lipinski definition) is 0. The molecule has 0 aromatic heterocycles. The molecule has 0 aliphatic carbocycles. The lowest BCUT2D eigenvalue weighted by Gasteiger charge is -2.04. The molecule has 1 atom stereocenters. The number of rotatable bonds is 2. The summed E-state index contributed by atoms with van der Waals surface area (Å²) in [5.74, 6) is 0.552. The molecule has 0 fully saturated rings. The summed E-state index contributed by atoms with van der Waals surface area (Å²) in [6.07, 6.45) is 5.71. The zero-order valence-electron chi connectivity index (χ0n) is 7.12. The van der Waals surface area contributed by atoms with Gasteiger partial charge in [-0.05, 0) is 6.08 Å². The summed E-state index contributed by atoms with van der Waals surface area (Å²) in [5.41, 5.74) is 1.15. The van der Waals surface area contributed by atoms with Crippen molar-refractivity contribution in [1.29, 1.82) is 0 Å². The van der Waals surface area contributed by atoms with Crippen molar-refractivity contribution in [3.8, 4) is 0 Å². The first-order valence-electron chi connectivity index (χ1n) is 3.82. The Labute approximate surface area is 67.9 Å². The average molecular weight is 150 g/mol. The smallest absolute Gasteiger partial charge is 0.0651 e. The number of hydrazone groups is 1. The summed E-state index contributed by atoms with van der Waals surface area (Å²) in [7, 11) is 1.99. The highest BCUT2D eigenvalue weighted by molar-refractivity contribution is 5.97. The van der Waals surface area contributed by atoms with E-state index in [9.17, 15) is 0 Å². The molecule has 1 heterocycles. The van der Waals surface area contributed by atoms with Crippen LogP contribution in [0.3, 0.4) is 0 Å². The summed E-state index contributed by atoms with van der Waals surface area (Å²) < 4.78 is 0. The molecule has 0 amide bonds. The van der Waals surface area contributed by atoms with Crippen molar-refractivity contribution in [3.05, 3.63) is 24.8 Å². The molecule has 0 saturated carbocycles. The van der Waals surface area contributed by atoms with Gasteiger partial charge in [-0.15, -0.1) is 0 Å². The largest absolute Gasteiger partial charge is 0.299 e. The van der Waals surface area contributed by atoms with Gasteiger partial charge in [-0.25, -0.2) is 0 Å². The van der Waals surface area contributed by atoms with Gasteiger partial charge in [0.15, 0.2) is 0 Å². The molecular weight excluding hydrogens is 136 g/mol. The van der Waals surface area contributed by atoms with Crippen molar-refractivity contribution in [2.24, 2.45) is 11.0 Å². The van der Waals surface area contributed by atoms with Crippen LogP contribution in [0.1, 0.15) is 6.92 Å². The van der Waals surface area contributed by atoms with Gasteiger partial charge in [0.1, 0.15) is 0 Å². The highest BCUT2D eigenvalue weighted by atomic mass is 15.5. The number of nitrogens with zero attached hydrogens (tertiary/aromatic N) is 2. The average Bonchev–Trinajstić information content (AvgIpc) is 2.26. The summed E-state index contributed by atoms with van der Waals surface area (Å²) >= 11 is 0. The van der Waals surface area contributed by atoms with Crippen LogP contribution in [0.25, 0.3) is 0 Å². The van der Waals surface area contributed by atoms with E-state index in [1.165, 1.54) is 0 Å². The van der Waals surface area contributed by atoms with Crippen molar-refractivity contribution < 1.29 is 0 Å². The lowest BCUT2D eigenvalue weighted by atomic mass is 10.1. The summed E-state index contributed by atoms with van der Waals surface area (Å²) in [6.45, 7) is 6.81. The third-order valence-electron chi connectivity index (χ3n) is 1.73. The van der Waals surface area contributed by atoms with Gasteiger partial charge < -0.3 is 0 Å². The third-order valence-corrected chi connectivity index (χ3v) is 1.73. The van der Waals surface area contributed by atoms with Crippen molar-refractivity contribution in [2.45, 2.75) is 6.92 Å². The van der Waals surface area contributed by atoms with E-state index in [1.54, 1.807) is 6.08 Å². The maximum Gasteiger partial charge on any atom is 0.0651 e. The van der Waals surface area contributed by atoms with Gasteiger partial charge in [-0.1, -0.05) is 25.7 Å². The minimum Gasteiger partial charge on any atom is -0.299 e. The van der Waals surface area contributed by atoms with E-state index in [2.05, 4.69) is 18.6 Å². The van der Waals surface area contributed by atoms with Gasteiger partial charge in [-0.3, -0.25) is 5.01 Å².